The molecular weight excluding hydrogens is 328 g/mol. The molecule has 1 heterocycles. The smallest absolute Gasteiger partial charge is 0.275 e. The van der Waals surface area contributed by atoms with E-state index in [1.165, 1.54) is 18.0 Å². The van der Waals surface area contributed by atoms with Crippen molar-refractivity contribution in [2.24, 2.45) is 0 Å². The van der Waals surface area contributed by atoms with Gasteiger partial charge in [-0.2, -0.15) is 5.10 Å². The molecule has 3 aromatic rings. The first kappa shape index (κ1) is 16.8. The number of carbonyl (C=O) groups is 1. The molecule has 1 atom stereocenters. The van der Waals surface area contributed by atoms with Crippen LogP contribution in [0, 0.1) is 11.6 Å². The van der Waals surface area contributed by atoms with Crippen molar-refractivity contribution < 1.29 is 13.6 Å². The van der Waals surface area contributed by atoms with Gasteiger partial charge >= 0.3 is 0 Å². The van der Waals surface area contributed by atoms with Crippen LogP contribution in [0.3, 0.4) is 0 Å². The Balaban J connectivity index is 1.99. The number of aromatic amines is 1. The van der Waals surface area contributed by atoms with Gasteiger partial charge in [-0.3, -0.25) is 9.59 Å². The summed E-state index contributed by atoms with van der Waals surface area (Å²) in [6.45, 7) is 1.69. The van der Waals surface area contributed by atoms with Crippen LogP contribution in [-0.4, -0.2) is 28.1 Å². The first-order chi connectivity index (χ1) is 11.9. The van der Waals surface area contributed by atoms with Gasteiger partial charge in [-0.15, -0.1) is 0 Å². The lowest BCUT2D eigenvalue weighted by Gasteiger charge is -2.25. The number of nitrogens with one attached hydrogen (secondary N) is 1. The summed E-state index contributed by atoms with van der Waals surface area (Å²) in [5, 5.41) is 6.97. The molecule has 0 bridgehead atoms. The van der Waals surface area contributed by atoms with Crippen molar-refractivity contribution in [1.29, 1.82) is 0 Å². The second-order valence-electron chi connectivity index (χ2n) is 5.71. The summed E-state index contributed by atoms with van der Waals surface area (Å²) >= 11 is 0. The summed E-state index contributed by atoms with van der Waals surface area (Å²) in [6, 6.07) is 9.63. The SMILES string of the molecule is CC(c1ccc(F)c(F)c1)N(C)C(=O)c1n[nH]c(=O)c2ccccc12. The number of nitrogens with zero attached hydrogens (tertiary/aromatic N) is 2. The maximum absolute atomic E-state index is 13.4. The Labute approximate surface area is 141 Å². The van der Waals surface area contributed by atoms with Gasteiger partial charge in [-0.1, -0.05) is 24.3 Å². The average molecular weight is 343 g/mol. The third-order valence-corrected chi connectivity index (χ3v) is 4.23. The zero-order chi connectivity index (χ0) is 18.1. The van der Waals surface area contributed by atoms with Gasteiger partial charge in [-0.05, 0) is 30.7 Å². The minimum Gasteiger partial charge on any atom is -0.334 e. The number of fused-ring (bicyclic) bond motifs is 1. The molecule has 0 aliphatic heterocycles. The molecule has 7 heteroatoms. The number of carbonyl (C=O) groups excluding carboxylic acids is 1. The summed E-state index contributed by atoms with van der Waals surface area (Å²) in [4.78, 5) is 26.0. The number of hydrogen-bond donors (Lipinski definition) is 1. The second-order valence-corrected chi connectivity index (χ2v) is 5.71. The van der Waals surface area contributed by atoms with E-state index in [2.05, 4.69) is 10.2 Å². The van der Waals surface area contributed by atoms with E-state index in [4.69, 9.17) is 0 Å². The predicted molar refractivity (Wildman–Crippen MR) is 89.2 cm³/mol. The van der Waals surface area contributed by atoms with Gasteiger partial charge in [0.15, 0.2) is 17.3 Å². The van der Waals surface area contributed by atoms with Crippen molar-refractivity contribution in [1.82, 2.24) is 15.1 Å². The van der Waals surface area contributed by atoms with Crippen LogP contribution in [0.25, 0.3) is 10.8 Å². The van der Waals surface area contributed by atoms with E-state index in [0.29, 0.717) is 16.3 Å². The standard InChI is InChI=1S/C18H15F2N3O2/c1-10(11-7-8-14(19)15(20)9-11)23(2)18(25)16-12-5-3-4-6-13(12)17(24)22-21-16/h3-10H,1-2H3,(H,22,24). The van der Waals surface area contributed by atoms with Gasteiger partial charge in [0.05, 0.1) is 11.4 Å². The van der Waals surface area contributed by atoms with E-state index in [9.17, 15) is 18.4 Å². The summed E-state index contributed by atoms with van der Waals surface area (Å²) in [7, 11) is 1.54. The Morgan fingerprint density at radius 2 is 1.80 bits per heavy atom. The molecule has 0 radical (unpaired) electrons. The van der Waals surface area contributed by atoms with Crippen molar-refractivity contribution in [2.75, 3.05) is 7.05 Å². The van der Waals surface area contributed by atoms with Crippen LogP contribution in [0.1, 0.15) is 29.0 Å². The molecule has 1 amide bonds. The molecule has 3 rings (SSSR count). The van der Waals surface area contributed by atoms with Crippen LogP contribution in [0.15, 0.2) is 47.3 Å². The maximum Gasteiger partial charge on any atom is 0.275 e. The lowest BCUT2D eigenvalue weighted by Crippen LogP contribution is -2.31. The van der Waals surface area contributed by atoms with Gasteiger partial charge in [0, 0.05) is 12.4 Å². The molecule has 128 valence electrons. The van der Waals surface area contributed by atoms with Gasteiger partial charge in [0.2, 0.25) is 0 Å². The number of benzene rings is 2. The first-order valence-corrected chi connectivity index (χ1v) is 7.59. The lowest BCUT2D eigenvalue weighted by molar-refractivity contribution is 0.0737. The molecule has 0 fully saturated rings. The minimum atomic E-state index is -0.974. The van der Waals surface area contributed by atoms with E-state index in [-0.39, 0.29) is 11.3 Å². The Morgan fingerprint density at radius 3 is 2.48 bits per heavy atom. The van der Waals surface area contributed by atoms with Gasteiger partial charge in [-0.25, -0.2) is 13.9 Å². The zero-order valence-corrected chi connectivity index (χ0v) is 13.6. The van der Waals surface area contributed by atoms with Crippen molar-refractivity contribution in [2.45, 2.75) is 13.0 Å². The third-order valence-electron chi connectivity index (χ3n) is 4.23. The van der Waals surface area contributed by atoms with E-state index in [0.717, 1.165) is 12.1 Å². The van der Waals surface area contributed by atoms with E-state index >= 15 is 0 Å². The highest BCUT2D eigenvalue weighted by Crippen LogP contribution is 2.23. The number of hydrogen-bond acceptors (Lipinski definition) is 3. The molecule has 2 aromatic carbocycles. The molecule has 1 unspecified atom stereocenters. The van der Waals surface area contributed by atoms with Crippen molar-refractivity contribution in [3.8, 4) is 0 Å². The van der Waals surface area contributed by atoms with E-state index in [1.807, 2.05) is 0 Å². The molecular formula is C18H15F2N3O2. The molecule has 0 aliphatic rings. The number of rotatable bonds is 3. The quantitative estimate of drug-likeness (QED) is 0.795. The predicted octanol–water partition coefficient (Wildman–Crippen LogP) is 3.03. The highest BCUT2D eigenvalue weighted by Gasteiger charge is 2.23. The van der Waals surface area contributed by atoms with E-state index in [1.54, 1.807) is 31.2 Å². The topological polar surface area (TPSA) is 66.1 Å². The second kappa shape index (κ2) is 6.43. The van der Waals surface area contributed by atoms with Gasteiger partial charge in [0.25, 0.3) is 11.5 Å². The fourth-order valence-electron chi connectivity index (χ4n) is 2.62. The summed E-state index contributed by atoms with van der Waals surface area (Å²) in [5.41, 5.74) is 0.152. The number of halogens is 2. The van der Waals surface area contributed by atoms with Crippen LogP contribution in [0.4, 0.5) is 8.78 Å². The summed E-state index contributed by atoms with van der Waals surface area (Å²) < 4.78 is 26.5. The molecule has 5 nitrogen and oxygen atoms in total. The van der Waals surface area contributed by atoms with Crippen molar-refractivity contribution in [3.05, 3.63) is 75.7 Å². The number of amides is 1. The largest absolute Gasteiger partial charge is 0.334 e. The van der Waals surface area contributed by atoms with Crippen molar-refractivity contribution in [3.63, 3.8) is 0 Å². The van der Waals surface area contributed by atoms with Crippen LogP contribution in [0.2, 0.25) is 0 Å². The number of H-pyrrole nitrogens is 1. The fraction of sp³-hybridized carbons (Fsp3) is 0.167. The summed E-state index contributed by atoms with van der Waals surface area (Å²) in [6.07, 6.45) is 0. The highest BCUT2D eigenvalue weighted by atomic mass is 19.2. The van der Waals surface area contributed by atoms with Gasteiger partial charge < -0.3 is 4.90 Å². The Hall–Kier alpha value is -3.09. The maximum atomic E-state index is 13.4. The van der Waals surface area contributed by atoms with Gasteiger partial charge in [0.1, 0.15) is 0 Å². The van der Waals surface area contributed by atoms with Crippen LogP contribution in [-0.2, 0) is 0 Å². The average Bonchev–Trinajstić information content (AvgIpc) is 2.63. The fourth-order valence-corrected chi connectivity index (χ4v) is 2.62. The highest BCUT2D eigenvalue weighted by molar-refractivity contribution is 6.04. The van der Waals surface area contributed by atoms with Crippen LogP contribution in [0.5, 0.6) is 0 Å². The van der Waals surface area contributed by atoms with Crippen LogP contribution >= 0.6 is 0 Å². The normalized spacial score (nSPS) is 12.2. The Kier molecular flexibility index (Phi) is 4.31. The molecule has 0 saturated heterocycles. The molecule has 25 heavy (non-hydrogen) atoms. The van der Waals surface area contributed by atoms with Crippen LogP contribution < -0.4 is 5.56 Å². The number of aromatic nitrogens is 2. The zero-order valence-electron chi connectivity index (χ0n) is 13.6. The third kappa shape index (κ3) is 3.00. The lowest BCUT2D eigenvalue weighted by atomic mass is 10.1. The Bertz CT molecular complexity index is 1020. The molecule has 1 aromatic heterocycles. The monoisotopic (exact) mass is 343 g/mol. The molecule has 0 spiro atoms. The molecule has 1 N–H and O–H groups in total. The summed E-state index contributed by atoms with van der Waals surface area (Å²) in [5.74, 6) is -2.36. The first-order valence-electron chi connectivity index (χ1n) is 7.59. The Morgan fingerprint density at radius 1 is 1.12 bits per heavy atom. The van der Waals surface area contributed by atoms with E-state index < -0.39 is 23.6 Å². The molecule has 0 aliphatic carbocycles. The molecule has 0 saturated carbocycles. The van der Waals surface area contributed by atoms with Crippen molar-refractivity contribution >= 4 is 16.7 Å². The minimum absolute atomic E-state index is 0.0899.